The lowest BCUT2D eigenvalue weighted by Crippen LogP contribution is -2.14. The molecule has 7 nitrogen and oxygen atoms in total. The van der Waals surface area contributed by atoms with Crippen molar-refractivity contribution < 1.29 is 23.9 Å². The Morgan fingerprint density at radius 3 is 2.81 bits per heavy atom. The van der Waals surface area contributed by atoms with E-state index in [9.17, 15) is 14.9 Å². The van der Waals surface area contributed by atoms with E-state index in [0.29, 0.717) is 28.5 Å². The Hall–Kier alpha value is -2.90. The van der Waals surface area contributed by atoms with E-state index >= 15 is 0 Å². The van der Waals surface area contributed by atoms with Crippen LogP contribution in [0, 0.1) is 10.1 Å². The number of nitro groups is 1. The number of fused-ring (bicyclic) bond motifs is 1. The van der Waals surface area contributed by atoms with E-state index in [1.165, 1.54) is 24.3 Å². The van der Waals surface area contributed by atoms with Gasteiger partial charge >= 0.3 is 5.97 Å². The summed E-state index contributed by atoms with van der Waals surface area (Å²) in [4.78, 5) is 22.0. The Morgan fingerprint density at radius 2 is 2.08 bits per heavy atom. The molecule has 2 aromatic rings. The molecule has 1 aliphatic heterocycles. The van der Waals surface area contributed by atoms with Crippen LogP contribution in [-0.4, -0.2) is 17.7 Å². The number of benzene rings is 2. The third kappa shape index (κ3) is 4.38. The predicted molar refractivity (Wildman–Crippen MR) is 93.7 cm³/mol. The monoisotopic (exact) mass is 375 g/mol. The molecule has 8 heteroatoms. The van der Waals surface area contributed by atoms with E-state index in [2.05, 4.69) is 0 Å². The molecule has 0 atom stereocenters. The van der Waals surface area contributed by atoms with E-state index in [-0.39, 0.29) is 19.1 Å². The van der Waals surface area contributed by atoms with Gasteiger partial charge in [0.25, 0.3) is 5.69 Å². The molecule has 0 unspecified atom stereocenters. The van der Waals surface area contributed by atoms with Crippen molar-refractivity contribution in [3.63, 3.8) is 0 Å². The SMILES string of the molecule is O=C(/C=C/c1ccc([N+](=O)[O-])cc1)OCc1cc(Cl)cc2c1OCOC2. The van der Waals surface area contributed by atoms with Gasteiger partial charge in [-0.15, -0.1) is 0 Å². The van der Waals surface area contributed by atoms with Crippen molar-refractivity contribution in [3.8, 4) is 5.75 Å². The minimum absolute atomic E-state index is 0.00628. The lowest BCUT2D eigenvalue weighted by molar-refractivity contribution is -0.384. The van der Waals surface area contributed by atoms with E-state index < -0.39 is 10.9 Å². The van der Waals surface area contributed by atoms with Gasteiger partial charge in [-0.3, -0.25) is 10.1 Å². The number of nitro benzene ring substituents is 1. The van der Waals surface area contributed by atoms with Gasteiger partial charge in [0.2, 0.25) is 0 Å². The summed E-state index contributed by atoms with van der Waals surface area (Å²) in [5.41, 5.74) is 2.09. The third-order valence-corrected chi connectivity index (χ3v) is 3.86. The summed E-state index contributed by atoms with van der Waals surface area (Å²) >= 11 is 6.06. The average molecular weight is 376 g/mol. The van der Waals surface area contributed by atoms with Gasteiger partial charge in [0.15, 0.2) is 6.79 Å². The second-order valence-corrected chi connectivity index (χ2v) is 5.89. The molecule has 0 aromatic heterocycles. The number of non-ortho nitro benzene ring substituents is 1. The number of esters is 1. The van der Waals surface area contributed by atoms with Crippen LogP contribution in [-0.2, 0) is 27.5 Å². The first-order valence-corrected chi connectivity index (χ1v) is 8.02. The first kappa shape index (κ1) is 17.9. The van der Waals surface area contributed by atoms with Gasteiger partial charge in [0.05, 0.1) is 11.5 Å². The smallest absolute Gasteiger partial charge is 0.331 e. The van der Waals surface area contributed by atoms with Crippen LogP contribution in [0.15, 0.2) is 42.5 Å². The average Bonchev–Trinajstić information content (AvgIpc) is 2.64. The van der Waals surface area contributed by atoms with Crippen molar-refractivity contribution >= 4 is 29.3 Å². The molecule has 0 saturated heterocycles. The van der Waals surface area contributed by atoms with Crippen LogP contribution in [0.5, 0.6) is 5.75 Å². The van der Waals surface area contributed by atoms with Gasteiger partial charge < -0.3 is 14.2 Å². The highest BCUT2D eigenvalue weighted by molar-refractivity contribution is 6.30. The molecular formula is C18H14ClNO6. The van der Waals surface area contributed by atoms with Crippen LogP contribution >= 0.6 is 11.6 Å². The van der Waals surface area contributed by atoms with Gasteiger partial charge in [-0.25, -0.2) is 4.79 Å². The normalized spacial score (nSPS) is 13.1. The molecule has 0 saturated carbocycles. The maximum Gasteiger partial charge on any atom is 0.331 e. The van der Waals surface area contributed by atoms with Crippen LogP contribution in [0.1, 0.15) is 16.7 Å². The molecule has 1 aliphatic rings. The molecule has 0 spiro atoms. The fourth-order valence-electron chi connectivity index (χ4n) is 2.43. The van der Waals surface area contributed by atoms with Crippen LogP contribution < -0.4 is 4.74 Å². The summed E-state index contributed by atoms with van der Waals surface area (Å²) in [5, 5.41) is 11.1. The molecule has 0 N–H and O–H groups in total. The van der Waals surface area contributed by atoms with Gasteiger partial charge in [-0.1, -0.05) is 11.6 Å². The Balaban J connectivity index is 1.62. The van der Waals surface area contributed by atoms with E-state index in [0.717, 1.165) is 5.56 Å². The molecular weight excluding hydrogens is 362 g/mol. The maximum atomic E-state index is 11.9. The number of hydrogen-bond donors (Lipinski definition) is 0. The highest BCUT2D eigenvalue weighted by Gasteiger charge is 2.17. The highest BCUT2D eigenvalue weighted by atomic mass is 35.5. The van der Waals surface area contributed by atoms with Crippen molar-refractivity contribution in [1.82, 2.24) is 0 Å². The Morgan fingerprint density at radius 1 is 1.31 bits per heavy atom. The second-order valence-electron chi connectivity index (χ2n) is 5.45. The molecule has 2 aromatic carbocycles. The largest absolute Gasteiger partial charge is 0.467 e. The topological polar surface area (TPSA) is 87.9 Å². The molecule has 134 valence electrons. The molecule has 0 bridgehead atoms. The Kier molecular flexibility index (Phi) is 5.50. The second kappa shape index (κ2) is 7.99. The third-order valence-electron chi connectivity index (χ3n) is 3.64. The van der Waals surface area contributed by atoms with Crippen molar-refractivity contribution in [2.75, 3.05) is 6.79 Å². The van der Waals surface area contributed by atoms with Gasteiger partial charge in [0, 0.05) is 34.4 Å². The summed E-state index contributed by atoms with van der Waals surface area (Å²) in [6.07, 6.45) is 2.77. The van der Waals surface area contributed by atoms with Crippen LogP contribution in [0.4, 0.5) is 5.69 Å². The summed E-state index contributed by atoms with van der Waals surface area (Å²) in [6.45, 7) is 0.527. The first-order chi connectivity index (χ1) is 12.5. The molecule has 0 aliphatic carbocycles. The van der Waals surface area contributed by atoms with Crippen LogP contribution in [0.25, 0.3) is 6.08 Å². The van der Waals surface area contributed by atoms with Crippen LogP contribution in [0.3, 0.4) is 0 Å². The Bertz CT molecular complexity index is 863. The van der Waals surface area contributed by atoms with Crippen LogP contribution in [0.2, 0.25) is 5.02 Å². The molecule has 1 heterocycles. The first-order valence-electron chi connectivity index (χ1n) is 7.64. The quantitative estimate of drug-likeness (QED) is 0.341. The number of halogens is 1. The van der Waals surface area contributed by atoms with Gasteiger partial charge in [0.1, 0.15) is 12.4 Å². The van der Waals surface area contributed by atoms with E-state index in [1.807, 2.05) is 0 Å². The maximum absolute atomic E-state index is 11.9. The van der Waals surface area contributed by atoms with Crippen molar-refractivity contribution in [2.24, 2.45) is 0 Å². The number of nitrogens with zero attached hydrogens (tertiary/aromatic N) is 1. The van der Waals surface area contributed by atoms with Crippen molar-refractivity contribution in [1.29, 1.82) is 0 Å². The Labute approximate surface area is 153 Å². The molecule has 0 amide bonds. The van der Waals surface area contributed by atoms with Gasteiger partial charge in [-0.2, -0.15) is 0 Å². The lowest BCUT2D eigenvalue weighted by Gasteiger charge is -2.20. The number of rotatable bonds is 5. The zero-order valence-electron chi connectivity index (χ0n) is 13.5. The predicted octanol–water partition coefficient (Wildman–Crippen LogP) is 3.87. The summed E-state index contributed by atoms with van der Waals surface area (Å²) in [5.74, 6) is 0.0666. The fraction of sp³-hybridized carbons (Fsp3) is 0.167. The standard InChI is InChI=1S/C18H14ClNO6/c19-15-7-13-9-24-11-26-18(13)14(8-15)10-25-17(21)6-3-12-1-4-16(5-2-12)20(22)23/h1-8H,9-11H2/b6-3+. The lowest BCUT2D eigenvalue weighted by atomic mass is 10.1. The number of hydrogen-bond acceptors (Lipinski definition) is 6. The minimum Gasteiger partial charge on any atom is -0.467 e. The summed E-state index contributed by atoms with van der Waals surface area (Å²) in [7, 11) is 0. The van der Waals surface area contributed by atoms with Crippen molar-refractivity contribution in [2.45, 2.75) is 13.2 Å². The number of carbonyl (C=O) groups excluding carboxylic acids is 1. The van der Waals surface area contributed by atoms with E-state index in [1.54, 1.807) is 24.3 Å². The molecule has 3 rings (SSSR count). The summed E-state index contributed by atoms with van der Waals surface area (Å²) in [6, 6.07) is 9.24. The zero-order chi connectivity index (χ0) is 18.5. The molecule has 0 fully saturated rings. The van der Waals surface area contributed by atoms with Crippen molar-refractivity contribution in [3.05, 3.63) is 74.3 Å². The fourth-order valence-corrected chi connectivity index (χ4v) is 2.70. The van der Waals surface area contributed by atoms with E-state index in [4.69, 9.17) is 25.8 Å². The molecule has 26 heavy (non-hydrogen) atoms. The minimum atomic E-state index is -0.552. The zero-order valence-corrected chi connectivity index (χ0v) is 14.3. The molecule has 0 radical (unpaired) electrons. The summed E-state index contributed by atoms with van der Waals surface area (Å²) < 4.78 is 15.9. The highest BCUT2D eigenvalue weighted by Crippen LogP contribution is 2.32. The number of carbonyl (C=O) groups is 1. The number of ether oxygens (including phenoxy) is 3. The van der Waals surface area contributed by atoms with Gasteiger partial charge in [-0.05, 0) is 35.9 Å².